The van der Waals surface area contributed by atoms with Gasteiger partial charge in [0.1, 0.15) is 18.3 Å². The van der Waals surface area contributed by atoms with Gasteiger partial charge >= 0.3 is 5.97 Å². The molecule has 224 valence electrons. The van der Waals surface area contributed by atoms with Crippen LogP contribution in [-0.2, 0) is 48.2 Å². The molecule has 5 atom stereocenters. The second-order valence-corrected chi connectivity index (χ2v) is 10.6. The van der Waals surface area contributed by atoms with Gasteiger partial charge in [0.25, 0.3) is 0 Å². The molecule has 1 heterocycles. The number of carbonyl (C=O) groups excluding carboxylic acids is 1. The number of hydrogen-bond donors (Lipinski definition) is 0. The molecule has 5 rings (SSSR count). The van der Waals surface area contributed by atoms with Crippen LogP contribution in [0.4, 0.5) is 0 Å². The van der Waals surface area contributed by atoms with Gasteiger partial charge in [-0.3, -0.25) is 0 Å². The normalized spacial score (nSPS) is 21.8. The van der Waals surface area contributed by atoms with Gasteiger partial charge in [0, 0.05) is 12.1 Å². The van der Waals surface area contributed by atoms with Gasteiger partial charge in [-0.25, -0.2) is 4.79 Å². The van der Waals surface area contributed by atoms with E-state index in [4.69, 9.17) is 40.0 Å². The summed E-state index contributed by atoms with van der Waals surface area (Å²) in [4.78, 5) is 13.3. The third-order valence-electron chi connectivity index (χ3n) is 7.11. The molecule has 4 aromatic carbocycles. The predicted octanol–water partition coefficient (Wildman–Crippen LogP) is 6.62. The Morgan fingerprint density at radius 1 is 0.674 bits per heavy atom. The van der Waals surface area contributed by atoms with Crippen LogP contribution in [-0.4, -0.2) is 50.4 Å². The Hall–Kier alpha value is -3.56. The summed E-state index contributed by atoms with van der Waals surface area (Å²) in [5.74, 6) is -0.510. The molecule has 0 radical (unpaired) electrons. The van der Waals surface area contributed by atoms with Crippen molar-refractivity contribution in [3.8, 4) is 0 Å². The molecule has 1 aliphatic rings. The maximum absolute atomic E-state index is 13.3. The van der Waals surface area contributed by atoms with E-state index in [9.17, 15) is 4.79 Å². The number of esters is 1. The molecule has 0 spiro atoms. The van der Waals surface area contributed by atoms with Gasteiger partial charge < -0.3 is 28.4 Å². The van der Waals surface area contributed by atoms with Crippen LogP contribution in [0.2, 0.25) is 5.02 Å². The summed E-state index contributed by atoms with van der Waals surface area (Å²) in [6.07, 6.45) is -3.83. The van der Waals surface area contributed by atoms with Crippen molar-refractivity contribution in [2.75, 3.05) is 13.7 Å². The maximum Gasteiger partial charge on any atom is 0.338 e. The van der Waals surface area contributed by atoms with Crippen molar-refractivity contribution < 1.29 is 33.2 Å². The van der Waals surface area contributed by atoms with Crippen molar-refractivity contribution in [3.05, 3.63) is 143 Å². The molecule has 1 aliphatic heterocycles. The Labute approximate surface area is 257 Å². The molecular formula is C35H35ClO7. The highest BCUT2D eigenvalue weighted by Gasteiger charge is 2.50. The summed E-state index contributed by atoms with van der Waals surface area (Å²) in [6.45, 7) is 1.10. The molecule has 43 heavy (non-hydrogen) atoms. The number of benzene rings is 4. The SMILES string of the molecule is COC1O[C@H](COCc2ccc(Cl)cc2)[C@@H](OCc2ccccc2)[C@H](OCc2ccccc2)[C@H]1OC(=O)c1ccccc1. The lowest BCUT2D eigenvalue weighted by molar-refractivity contribution is -0.312. The Bertz CT molecular complexity index is 1390. The zero-order valence-corrected chi connectivity index (χ0v) is 24.7. The van der Waals surface area contributed by atoms with Gasteiger partial charge in [-0.05, 0) is 41.0 Å². The van der Waals surface area contributed by atoms with Crippen molar-refractivity contribution >= 4 is 17.6 Å². The Morgan fingerprint density at radius 2 is 1.21 bits per heavy atom. The van der Waals surface area contributed by atoms with E-state index in [1.54, 1.807) is 24.3 Å². The molecule has 0 bridgehead atoms. The van der Waals surface area contributed by atoms with Crippen molar-refractivity contribution in [2.24, 2.45) is 0 Å². The first kappa shape index (κ1) is 30.9. The molecule has 1 unspecified atom stereocenters. The fourth-order valence-electron chi connectivity index (χ4n) is 4.89. The van der Waals surface area contributed by atoms with Crippen molar-refractivity contribution in [1.29, 1.82) is 0 Å². The number of ether oxygens (including phenoxy) is 6. The fraction of sp³-hybridized carbons (Fsp3) is 0.286. The maximum atomic E-state index is 13.3. The zero-order chi connectivity index (χ0) is 29.9. The summed E-state index contributed by atoms with van der Waals surface area (Å²) >= 11 is 6.04. The predicted molar refractivity (Wildman–Crippen MR) is 162 cm³/mol. The Morgan fingerprint density at radius 3 is 1.79 bits per heavy atom. The topological polar surface area (TPSA) is 72.5 Å². The van der Waals surface area contributed by atoms with E-state index in [0.29, 0.717) is 23.8 Å². The lowest BCUT2D eigenvalue weighted by Crippen LogP contribution is -2.62. The van der Waals surface area contributed by atoms with Gasteiger partial charge in [0.15, 0.2) is 12.4 Å². The monoisotopic (exact) mass is 602 g/mol. The van der Waals surface area contributed by atoms with Gasteiger partial charge in [-0.2, -0.15) is 0 Å². The van der Waals surface area contributed by atoms with Crippen LogP contribution in [0, 0.1) is 0 Å². The quantitative estimate of drug-likeness (QED) is 0.159. The molecule has 0 aliphatic carbocycles. The van der Waals surface area contributed by atoms with Crippen LogP contribution in [0.3, 0.4) is 0 Å². The highest BCUT2D eigenvalue weighted by molar-refractivity contribution is 6.30. The van der Waals surface area contributed by atoms with Gasteiger partial charge in [-0.15, -0.1) is 0 Å². The van der Waals surface area contributed by atoms with E-state index >= 15 is 0 Å². The Kier molecular flexibility index (Phi) is 11.3. The summed E-state index contributed by atoms with van der Waals surface area (Å²) in [6, 6.07) is 35.9. The number of methoxy groups -OCH3 is 1. The van der Waals surface area contributed by atoms with Gasteiger partial charge in [-0.1, -0.05) is 103 Å². The highest BCUT2D eigenvalue weighted by atomic mass is 35.5. The number of carbonyl (C=O) groups is 1. The lowest BCUT2D eigenvalue weighted by Gasteiger charge is -2.45. The molecule has 7 nitrogen and oxygen atoms in total. The molecule has 0 N–H and O–H groups in total. The molecule has 0 aromatic heterocycles. The van der Waals surface area contributed by atoms with E-state index in [2.05, 4.69) is 0 Å². The number of halogens is 1. The average molecular weight is 603 g/mol. The second kappa shape index (κ2) is 15.8. The minimum atomic E-state index is -0.922. The van der Waals surface area contributed by atoms with E-state index < -0.39 is 36.7 Å². The van der Waals surface area contributed by atoms with Crippen LogP contribution >= 0.6 is 11.6 Å². The minimum absolute atomic E-state index is 0.187. The van der Waals surface area contributed by atoms with Gasteiger partial charge in [0.2, 0.25) is 0 Å². The van der Waals surface area contributed by atoms with Crippen molar-refractivity contribution in [3.63, 3.8) is 0 Å². The molecule has 4 aromatic rings. The fourth-order valence-corrected chi connectivity index (χ4v) is 5.02. The summed E-state index contributed by atoms with van der Waals surface area (Å²) in [5.41, 5.74) is 3.33. The van der Waals surface area contributed by atoms with Crippen LogP contribution in [0.15, 0.2) is 115 Å². The molecule has 0 saturated carbocycles. The van der Waals surface area contributed by atoms with E-state index in [-0.39, 0.29) is 13.2 Å². The van der Waals surface area contributed by atoms with Crippen molar-refractivity contribution in [1.82, 2.24) is 0 Å². The number of rotatable bonds is 13. The van der Waals surface area contributed by atoms with Crippen LogP contribution in [0.1, 0.15) is 27.0 Å². The van der Waals surface area contributed by atoms with Crippen LogP contribution in [0.25, 0.3) is 0 Å². The number of hydrogen-bond acceptors (Lipinski definition) is 7. The van der Waals surface area contributed by atoms with E-state index in [1.165, 1.54) is 7.11 Å². The smallest absolute Gasteiger partial charge is 0.338 e. The van der Waals surface area contributed by atoms with E-state index in [0.717, 1.165) is 16.7 Å². The summed E-state index contributed by atoms with van der Waals surface area (Å²) in [7, 11) is 1.51. The minimum Gasteiger partial charge on any atom is -0.450 e. The first-order valence-corrected chi connectivity index (χ1v) is 14.6. The Balaban J connectivity index is 1.41. The first-order valence-electron chi connectivity index (χ1n) is 14.2. The third-order valence-corrected chi connectivity index (χ3v) is 7.36. The average Bonchev–Trinajstić information content (AvgIpc) is 3.06. The molecule has 0 amide bonds. The largest absolute Gasteiger partial charge is 0.450 e. The third kappa shape index (κ3) is 8.74. The molecule has 1 saturated heterocycles. The summed E-state index contributed by atoms with van der Waals surface area (Å²) < 4.78 is 37.3. The van der Waals surface area contributed by atoms with Crippen molar-refractivity contribution in [2.45, 2.75) is 50.5 Å². The summed E-state index contributed by atoms with van der Waals surface area (Å²) in [5, 5.41) is 0.658. The second-order valence-electron chi connectivity index (χ2n) is 10.2. The molecule has 1 fully saturated rings. The standard InChI is InChI=1S/C35H35ClO7/c1-38-35-33(43-34(37)28-15-9-4-10-16-28)32(41-23-26-13-7-3-8-14-26)31(40-22-25-11-5-2-6-12-25)30(42-35)24-39-21-27-17-19-29(36)20-18-27/h2-20,30-33,35H,21-24H2,1H3/t30-,31-,32+,33-,35?/m1/s1. The molecule has 8 heteroatoms. The highest BCUT2D eigenvalue weighted by Crippen LogP contribution is 2.31. The van der Waals surface area contributed by atoms with Crippen LogP contribution in [0.5, 0.6) is 0 Å². The first-order chi connectivity index (χ1) is 21.1. The molecular weight excluding hydrogens is 568 g/mol. The lowest BCUT2D eigenvalue weighted by atomic mass is 9.97. The zero-order valence-electron chi connectivity index (χ0n) is 23.9. The van der Waals surface area contributed by atoms with E-state index in [1.807, 2.05) is 91.0 Å². The van der Waals surface area contributed by atoms with Crippen LogP contribution < -0.4 is 0 Å². The van der Waals surface area contributed by atoms with Gasteiger partial charge in [0.05, 0.1) is 32.0 Å².